The highest BCUT2D eigenvalue weighted by Crippen LogP contribution is 2.34. The molecule has 0 heterocycles. The minimum atomic E-state index is -4.61. The van der Waals surface area contributed by atoms with Crippen LogP contribution in [0.25, 0.3) is 0 Å². The summed E-state index contributed by atoms with van der Waals surface area (Å²) >= 11 is 3.18. The summed E-state index contributed by atoms with van der Waals surface area (Å²) in [5.41, 5.74) is -1.17. The number of anilines is 1. The number of hydrogen-bond acceptors (Lipinski definition) is 3. The normalized spacial score (nSPS) is 12.4. The van der Waals surface area contributed by atoms with Gasteiger partial charge < -0.3 is 10.1 Å². The highest BCUT2D eigenvalue weighted by atomic mass is 79.9. The molecule has 8 heteroatoms. The van der Waals surface area contributed by atoms with Gasteiger partial charge in [-0.2, -0.15) is 13.2 Å². The first-order valence-corrected chi connectivity index (χ1v) is 7.92. The topological polar surface area (TPSA) is 55.4 Å². The summed E-state index contributed by atoms with van der Waals surface area (Å²) < 4.78 is 44.3. The lowest BCUT2D eigenvalue weighted by atomic mass is 10.1. The Morgan fingerprint density at radius 1 is 1.08 bits per heavy atom. The van der Waals surface area contributed by atoms with Crippen molar-refractivity contribution in [2.24, 2.45) is 0 Å². The van der Waals surface area contributed by atoms with Gasteiger partial charge in [-0.05, 0) is 47.1 Å². The van der Waals surface area contributed by atoms with E-state index in [1.165, 1.54) is 25.1 Å². The number of carbonyl (C=O) groups is 2. The van der Waals surface area contributed by atoms with Gasteiger partial charge in [0.25, 0.3) is 5.91 Å². The average Bonchev–Trinajstić information content (AvgIpc) is 2.54. The Labute approximate surface area is 150 Å². The van der Waals surface area contributed by atoms with Gasteiger partial charge in [0.2, 0.25) is 0 Å². The van der Waals surface area contributed by atoms with E-state index >= 15 is 0 Å². The summed E-state index contributed by atoms with van der Waals surface area (Å²) in [7, 11) is 0. The fourth-order valence-corrected chi connectivity index (χ4v) is 2.42. The number of ether oxygens (including phenoxy) is 1. The number of amides is 1. The van der Waals surface area contributed by atoms with Crippen molar-refractivity contribution in [3.8, 4) is 0 Å². The first-order chi connectivity index (χ1) is 11.7. The Hall–Kier alpha value is -2.35. The van der Waals surface area contributed by atoms with E-state index in [1.807, 2.05) is 0 Å². The van der Waals surface area contributed by atoms with E-state index in [1.54, 1.807) is 18.2 Å². The maximum Gasteiger partial charge on any atom is 0.418 e. The zero-order valence-electron chi connectivity index (χ0n) is 12.9. The summed E-state index contributed by atoms with van der Waals surface area (Å²) in [6.07, 6.45) is -5.89. The molecule has 0 fully saturated rings. The molecule has 2 aromatic rings. The van der Waals surface area contributed by atoms with E-state index in [-0.39, 0.29) is 5.56 Å². The predicted octanol–water partition coefficient (Wildman–Crippen LogP) is 4.65. The average molecular weight is 416 g/mol. The molecule has 2 rings (SSSR count). The maximum absolute atomic E-state index is 12.9. The molecule has 0 spiro atoms. The number of rotatable bonds is 4. The Morgan fingerprint density at radius 2 is 1.68 bits per heavy atom. The Bertz CT molecular complexity index is 793. The van der Waals surface area contributed by atoms with Gasteiger partial charge in [0.05, 0.1) is 16.8 Å². The van der Waals surface area contributed by atoms with Crippen LogP contribution in [0.15, 0.2) is 53.0 Å². The number of hydrogen-bond donors (Lipinski definition) is 1. The molecular weight excluding hydrogens is 403 g/mol. The quantitative estimate of drug-likeness (QED) is 0.739. The van der Waals surface area contributed by atoms with E-state index in [0.29, 0.717) is 4.47 Å². The van der Waals surface area contributed by atoms with Crippen LogP contribution < -0.4 is 5.32 Å². The summed E-state index contributed by atoms with van der Waals surface area (Å²) in [6, 6.07) is 11.0. The SMILES string of the molecule is CC(OC(=O)c1ccccc1Br)C(=O)Nc1ccccc1C(F)(F)F. The number of carbonyl (C=O) groups excluding carboxylic acids is 2. The van der Waals surface area contributed by atoms with Gasteiger partial charge in [-0.15, -0.1) is 0 Å². The number of benzene rings is 2. The van der Waals surface area contributed by atoms with E-state index in [2.05, 4.69) is 21.2 Å². The van der Waals surface area contributed by atoms with E-state index in [4.69, 9.17) is 4.74 Å². The second-order valence-electron chi connectivity index (χ2n) is 5.06. The largest absolute Gasteiger partial charge is 0.449 e. The summed E-state index contributed by atoms with van der Waals surface area (Å²) in [5, 5.41) is 2.14. The van der Waals surface area contributed by atoms with Crippen molar-refractivity contribution in [3.63, 3.8) is 0 Å². The molecular formula is C17H13BrF3NO3. The first kappa shape index (κ1) is 19.0. The van der Waals surface area contributed by atoms with Gasteiger partial charge in [0, 0.05) is 4.47 Å². The van der Waals surface area contributed by atoms with Crippen LogP contribution >= 0.6 is 15.9 Å². The van der Waals surface area contributed by atoms with Crippen molar-refractivity contribution in [1.82, 2.24) is 0 Å². The van der Waals surface area contributed by atoms with Gasteiger partial charge in [-0.1, -0.05) is 24.3 Å². The van der Waals surface area contributed by atoms with Gasteiger partial charge in [0.1, 0.15) is 0 Å². The molecule has 1 unspecified atom stereocenters. The van der Waals surface area contributed by atoms with Crippen LogP contribution in [0.3, 0.4) is 0 Å². The van der Waals surface area contributed by atoms with E-state index in [9.17, 15) is 22.8 Å². The highest BCUT2D eigenvalue weighted by Gasteiger charge is 2.34. The molecule has 0 saturated carbocycles. The standard InChI is InChI=1S/C17H13BrF3NO3/c1-10(25-16(24)11-6-2-4-8-13(11)18)15(23)22-14-9-5-3-7-12(14)17(19,20)21/h2-10H,1H3,(H,22,23). The molecule has 0 aromatic heterocycles. The summed E-state index contributed by atoms with van der Waals surface area (Å²) in [5.74, 6) is -1.63. The number of halogens is 4. The highest BCUT2D eigenvalue weighted by molar-refractivity contribution is 9.10. The molecule has 132 valence electrons. The third-order valence-corrected chi connectivity index (χ3v) is 3.93. The molecule has 25 heavy (non-hydrogen) atoms. The van der Waals surface area contributed by atoms with E-state index < -0.39 is 35.4 Å². The lowest BCUT2D eigenvalue weighted by molar-refractivity contribution is -0.137. The molecule has 2 aromatic carbocycles. The Kier molecular flexibility index (Phi) is 5.84. The third kappa shape index (κ3) is 4.82. The van der Waals surface area contributed by atoms with Crippen LogP contribution in [0, 0.1) is 0 Å². The summed E-state index contributed by atoms with van der Waals surface area (Å²) in [4.78, 5) is 24.1. The molecule has 0 saturated heterocycles. The van der Waals surface area contributed by atoms with Crippen molar-refractivity contribution < 1.29 is 27.5 Å². The van der Waals surface area contributed by atoms with Crippen LogP contribution in [0.2, 0.25) is 0 Å². The molecule has 4 nitrogen and oxygen atoms in total. The number of alkyl halides is 3. The van der Waals surface area contributed by atoms with Crippen LogP contribution in [-0.2, 0) is 15.7 Å². The van der Waals surface area contributed by atoms with Crippen molar-refractivity contribution >= 4 is 33.5 Å². The zero-order valence-corrected chi connectivity index (χ0v) is 14.5. The van der Waals surface area contributed by atoms with Crippen molar-refractivity contribution in [1.29, 1.82) is 0 Å². The van der Waals surface area contributed by atoms with Crippen LogP contribution in [-0.4, -0.2) is 18.0 Å². The number of para-hydroxylation sites is 1. The molecule has 0 radical (unpaired) electrons. The first-order valence-electron chi connectivity index (χ1n) is 7.12. The van der Waals surface area contributed by atoms with Gasteiger partial charge in [-0.25, -0.2) is 4.79 Å². The van der Waals surface area contributed by atoms with Crippen LogP contribution in [0.4, 0.5) is 18.9 Å². The fraction of sp³-hybridized carbons (Fsp3) is 0.176. The maximum atomic E-state index is 12.9. The summed E-state index contributed by atoms with van der Waals surface area (Å²) in [6.45, 7) is 1.28. The predicted molar refractivity (Wildman–Crippen MR) is 89.1 cm³/mol. The Morgan fingerprint density at radius 3 is 2.32 bits per heavy atom. The van der Waals surface area contributed by atoms with Gasteiger partial charge in [-0.3, -0.25) is 4.79 Å². The molecule has 1 N–H and O–H groups in total. The van der Waals surface area contributed by atoms with Gasteiger partial charge in [0.15, 0.2) is 6.10 Å². The molecule has 0 aliphatic carbocycles. The molecule has 0 bridgehead atoms. The van der Waals surface area contributed by atoms with Crippen LogP contribution in [0.5, 0.6) is 0 Å². The number of nitrogens with one attached hydrogen (secondary N) is 1. The van der Waals surface area contributed by atoms with Crippen LogP contribution in [0.1, 0.15) is 22.8 Å². The molecule has 0 aliphatic heterocycles. The minimum Gasteiger partial charge on any atom is -0.449 e. The number of esters is 1. The third-order valence-electron chi connectivity index (χ3n) is 3.24. The van der Waals surface area contributed by atoms with Crippen molar-refractivity contribution in [2.75, 3.05) is 5.32 Å². The lowest BCUT2D eigenvalue weighted by Gasteiger charge is -2.17. The Balaban J connectivity index is 2.09. The second kappa shape index (κ2) is 7.69. The zero-order chi connectivity index (χ0) is 18.6. The van der Waals surface area contributed by atoms with Crippen molar-refractivity contribution in [3.05, 3.63) is 64.1 Å². The smallest absolute Gasteiger partial charge is 0.418 e. The monoisotopic (exact) mass is 415 g/mol. The lowest BCUT2D eigenvalue weighted by Crippen LogP contribution is -2.30. The minimum absolute atomic E-state index is 0.206. The fourth-order valence-electron chi connectivity index (χ4n) is 1.98. The van der Waals surface area contributed by atoms with Crippen molar-refractivity contribution in [2.45, 2.75) is 19.2 Å². The van der Waals surface area contributed by atoms with E-state index in [0.717, 1.165) is 12.1 Å². The molecule has 1 atom stereocenters. The van der Waals surface area contributed by atoms with Gasteiger partial charge >= 0.3 is 12.1 Å². The molecule has 0 aliphatic rings. The molecule has 1 amide bonds. The second-order valence-corrected chi connectivity index (χ2v) is 5.91.